The average molecular weight is 330 g/mol. The number of hydrogen-bond donors (Lipinski definition) is 0. The fourth-order valence-corrected chi connectivity index (χ4v) is 3.80. The molecule has 1 saturated carbocycles. The van der Waals surface area contributed by atoms with Crippen LogP contribution >= 0.6 is 27.5 Å². The van der Waals surface area contributed by atoms with Crippen molar-refractivity contribution in [2.75, 3.05) is 5.33 Å². The van der Waals surface area contributed by atoms with E-state index in [-0.39, 0.29) is 11.3 Å². The standard InChI is InChI=1S/C15H18BrClO/c1-15(8-9-16)7-6-12(14(15)18)10-11-2-4-13(17)5-3-11/h2-5,12H,6-10H2,1H3. The molecule has 0 spiro atoms. The van der Waals surface area contributed by atoms with Gasteiger partial charge in [0.05, 0.1) is 0 Å². The first-order valence-electron chi connectivity index (χ1n) is 6.40. The van der Waals surface area contributed by atoms with Gasteiger partial charge in [-0.05, 0) is 43.4 Å². The van der Waals surface area contributed by atoms with Crippen LogP contribution in [0.1, 0.15) is 31.7 Å². The Morgan fingerprint density at radius 1 is 1.39 bits per heavy atom. The number of carbonyl (C=O) groups is 1. The molecule has 3 heteroatoms. The van der Waals surface area contributed by atoms with Crippen molar-refractivity contribution in [3.05, 3.63) is 34.9 Å². The fraction of sp³-hybridized carbons (Fsp3) is 0.533. The van der Waals surface area contributed by atoms with Crippen LogP contribution in [0.4, 0.5) is 0 Å². The molecule has 1 aromatic carbocycles. The number of benzene rings is 1. The van der Waals surface area contributed by atoms with E-state index < -0.39 is 0 Å². The van der Waals surface area contributed by atoms with E-state index in [1.165, 1.54) is 5.56 Å². The molecule has 18 heavy (non-hydrogen) atoms. The molecule has 0 N–H and O–H groups in total. The summed E-state index contributed by atoms with van der Waals surface area (Å²) >= 11 is 9.32. The van der Waals surface area contributed by atoms with Crippen LogP contribution in [-0.2, 0) is 11.2 Å². The Morgan fingerprint density at radius 2 is 2.06 bits per heavy atom. The Bertz CT molecular complexity index is 429. The zero-order valence-corrected chi connectivity index (χ0v) is 12.9. The van der Waals surface area contributed by atoms with E-state index in [0.717, 1.165) is 36.0 Å². The maximum atomic E-state index is 12.4. The fourth-order valence-electron chi connectivity index (χ4n) is 2.80. The van der Waals surface area contributed by atoms with Crippen LogP contribution < -0.4 is 0 Å². The average Bonchev–Trinajstić information content (AvgIpc) is 2.61. The Hall–Kier alpha value is -0.340. The second-order valence-electron chi connectivity index (χ2n) is 5.43. The number of carbonyl (C=O) groups excluding carboxylic acids is 1. The van der Waals surface area contributed by atoms with Crippen molar-refractivity contribution in [2.45, 2.75) is 32.6 Å². The quantitative estimate of drug-likeness (QED) is 0.735. The molecule has 0 bridgehead atoms. The van der Waals surface area contributed by atoms with Gasteiger partial charge in [-0.25, -0.2) is 0 Å². The Kier molecular flexibility index (Phi) is 4.50. The molecule has 1 nitrogen and oxygen atoms in total. The lowest BCUT2D eigenvalue weighted by atomic mass is 9.83. The minimum absolute atomic E-state index is 0.111. The SMILES string of the molecule is CC1(CCBr)CCC(Cc2ccc(Cl)cc2)C1=O. The smallest absolute Gasteiger partial charge is 0.142 e. The van der Waals surface area contributed by atoms with E-state index in [1.807, 2.05) is 24.3 Å². The molecule has 2 unspecified atom stereocenters. The normalized spacial score (nSPS) is 27.7. The van der Waals surface area contributed by atoms with Crippen molar-refractivity contribution in [3.8, 4) is 0 Å². The third kappa shape index (κ3) is 2.97. The lowest BCUT2D eigenvalue weighted by Crippen LogP contribution is -2.26. The Morgan fingerprint density at radius 3 is 2.67 bits per heavy atom. The van der Waals surface area contributed by atoms with Crippen LogP contribution in [0.3, 0.4) is 0 Å². The zero-order valence-electron chi connectivity index (χ0n) is 10.6. The van der Waals surface area contributed by atoms with Crippen LogP contribution in [0, 0.1) is 11.3 Å². The Balaban J connectivity index is 2.04. The molecule has 1 aliphatic rings. The first kappa shape index (κ1) is 14.1. The Labute approximate surface area is 122 Å². The molecule has 2 rings (SSSR count). The van der Waals surface area contributed by atoms with Gasteiger partial charge in [-0.15, -0.1) is 0 Å². The monoisotopic (exact) mass is 328 g/mol. The summed E-state index contributed by atoms with van der Waals surface area (Å²) in [5.74, 6) is 0.632. The predicted octanol–water partition coefficient (Wildman–Crippen LogP) is 4.65. The highest BCUT2D eigenvalue weighted by molar-refractivity contribution is 9.09. The summed E-state index contributed by atoms with van der Waals surface area (Å²) in [5, 5.41) is 1.66. The van der Waals surface area contributed by atoms with Crippen molar-refractivity contribution in [2.24, 2.45) is 11.3 Å². The maximum absolute atomic E-state index is 12.4. The highest BCUT2D eigenvalue weighted by atomic mass is 79.9. The summed E-state index contributed by atoms with van der Waals surface area (Å²) in [7, 11) is 0. The van der Waals surface area contributed by atoms with Crippen molar-refractivity contribution in [1.29, 1.82) is 0 Å². The number of halogens is 2. The molecule has 0 aromatic heterocycles. The molecule has 2 atom stereocenters. The van der Waals surface area contributed by atoms with Gasteiger partial charge in [-0.2, -0.15) is 0 Å². The molecule has 98 valence electrons. The van der Waals surface area contributed by atoms with Crippen LogP contribution in [-0.4, -0.2) is 11.1 Å². The van der Waals surface area contributed by atoms with E-state index in [4.69, 9.17) is 11.6 Å². The second-order valence-corrected chi connectivity index (χ2v) is 6.66. The van der Waals surface area contributed by atoms with Gasteiger partial charge < -0.3 is 0 Å². The molecule has 1 aliphatic carbocycles. The third-order valence-corrected chi connectivity index (χ3v) is 4.70. The third-order valence-electron chi connectivity index (χ3n) is 4.05. The van der Waals surface area contributed by atoms with Crippen molar-refractivity contribution < 1.29 is 4.79 Å². The summed E-state index contributed by atoms with van der Waals surface area (Å²) in [6, 6.07) is 7.84. The van der Waals surface area contributed by atoms with E-state index >= 15 is 0 Å². The van der Waals surface area contributed by atoms with Crippen molar-refractivity contribution in [1.82, 2.24) is 0 Å². The molecular weight excluding hydrogens is 312 g/mol. The number of rotatable bonds is 4. The summed E-state index contributed by atoms with van der Waals surface area (Å²) in [6.45, 7) is 2.11. The molecule has 0 amide bonds. The van der Waals surface area contributed by atoms with Gasteiger partial charge in [-0.3, -0.25) is 4.79 Å². The van der Waals surface area contributed by atoms with Crippen LogP contribution in [0.25, 0.3) is 0 Å². The van der Waals surface area contributed by atoms with Gasteiger partial charge in [0.15, 0.2) is 0 Å². The van der Waals surface area contributed by atoms with E-state index in [0.29, 0.717) is 5.78 Å². The van der Waals surface area contributed by atoms with Gasteiger partial charge >= 0.3 is 0 Å². The lowest BCUT2D eigenvalue weighted by Gasteiger charge is -2.21. The highest BCUT2D eigenvalue weighted by Gasteiger charge is 2.42. The molecule has 0 aliphatic heterocycles. The molecule has 0 saturated heterocycles. The van der Waals surface area contributed by atoms with Gasteiger partial charge in [0, 0.05) is 21.7 Å². The zero-order chi connectivity index (χ0) is 13.2. The summed E-state index contributed by atoms with van der Waals surface area (Å²) in [6.07, 6.45) is 3.84. The molecule has 1 fully saturated rings. The number of alkyl halides is 1. The van der Waals surface area contributed by atoms with E-state index in [1.54, 1.807) is 0 Å². The molecular formula is C15H18BrClO. The lowest BCUT2D eigenvalue weighted by molar-refractivity contribution is -0.128. The highest BCUT2D eigenvalue weighted by Crippen LogP contribution is 2.42. The molecule has 1 aromatic rings. The predicted molar refractivity (Wildman–Crippen MR) is 79.4 cm³/mol. The minimum atomic E-state index is -0.111. The van der Waals surface area contributed by atoms with Crippen LogP contribution in [0.15, 0.2) is 24.3 Å². The number of Topliss-reactive ketones (excluding diaryl/α,β-unsaturated/α-hetero) is 1. The van der Waals surface area contributed by atoms with Gasteiger partial charge in [-0.1, -0.05) is 46.6 Å². The van der Waals surface area contributed by atoms with Crippen molar-refractivity contribution >= 4 is 33.3 Å². The van der Waals surface area contributed by atoms with E-state index in [2.05, 4.69) is 22.9 Å². The summed E-state index contributed by atoms with van der Waals surface area (Å²) in [5.41, 5.74) is 1.10. The first-order valence-corrected chi connectivity index (χ1v) is 7.90. The van der Waals surface area contributed by atoms with Gasteiger partial charge in [0.25, 0.3) is 0 Å². The topological polar surface area (TPSA) is 17.1 Å². The van der Waals surface area contributed by atoms with Crippen LogP contribution in [0.2, 0.25) is 5.02 Å². The van der Waals surface area contributed by atoms with Crippen LogP contribution in [0.5, 0.6) is 0 Å². The minimum Gasteiger partial charge on any atom is -0.299 e. The molecule has 0 heterocycles. The maximum Gasteiger partial charge on any atom is 0.142 e. The number of ketones is 1. The van der Waals surface area contributed by atoms with E-state index in [9.17, 15) is 4.79 Å². The molecule has 0 radical (unpaired) electrons. The summed E-state index contributed by atoms with van der Waals surface area (Å²) in [4.78, 5) is 12.4. The number of hydrogen-bond acceptors (Lipinski definition) is 1. The largest absolute Gasteiger partial charge is 0.299 e. The van der Waals surface area contributed by atoms with Crippen molar-refractivity contribution in [3.63, 3.8) is 0 Å². The second kappa shape index (κ2) is 5.75. The van der Waals surface area contributed by atoms with Gasteiger partial charge in [0.1, 0.15) is 5.78 Å². The summed E-state index contributed by atoms with van der Waals surface area (Å²) < 4.78 is 0. The first-order chi connectivity index (χ1) is 8.55. The van der Waals surface area contributed by atoms with Gasteiger partial charge in [0.2, 0.25) is 0 Å².